The molecule has 3 fully saturated rings. The minimum atomic E-state index is -1.19. The lowest BCUT2D eigenvalue weighted by molar-refractivity contribution is -0.148. The zero-order valence-electron chi connectivity index (χ0n) is 25.8. The second-order valence-electron chi connectivity index (χ2n) is 12.2. The molecule has 3 amide bonds. The lowest BCUT2D eigenvalue weighted by Gasteiger charge is -2.40. The third-order valence-electron chi connectivity index (χ3n) is 9.41. The van der Waals surface area contributed by atoms with Crippen LogP contribution in [0.1, 0.15) is 32.3 Å². The fourth-order valence-electron chi connectivity index (χ4n) is 7.39. The van der Waals surface area contributed by atoms with Gasteiger partial charge in [-0.15, -0.1) is 13.2 Å². The predicted octanol–water partition coefficient (Wildman–Crippen LogP) is 3.82. The van der Waals surface area contributed by atoms with E-state index in [1.165, 1.54) is 4.90 Å². The molecule has 9 heteroatoms. The van der Waals surface area contributed by atoms with E-state index in [0.717, 1.165) is 5.56 Å². The Labute approximate surface area is 259 Å². The van der Waals surface area contributed by atoms with Crippen molar-refractivity contribution in [1.82, 2.24) is 9.80 Å². The van der Waals surface area contributed by atoms with Crippen LogP contribution in [0, 0.1) is 17.8 Å². The smallest absolute Gasteiger partial charge is 0.253 e. The van der Waals surface area contributed by atoms with Crippen LogP contribution < -0.4 is 9.64 Å². The van der Waals surface area contributed by atoms with Crippen LogP contribution in [-0.2, 0) is 25.7 Å². The summed E-state index contributed by atoms with van der Waals surface area (Å²) in [6.45, 7) is 12.1. The first-order valence-corrected chi connectivity index (χ1v) is 15.3. The van der Waals surface area contributed by atoms with Crippen molar-refractivity contribution in [2.45, 2.75) is 57.0 Å². The molecule has 44 heavy (non-hydrogen) atoms. The summed E-state index contributed by atoms with van der Waals surface area (Å²) in [5, 5.41) is 10.5. The van der Waals surface area contributed by atoms with Crippen LogP contribution in [0.5, 0.6) is 5.75 Å². The minimum absolute atomic E-state index is 0.148. The molecule has 1 N–H and O–H groups in total. The van der Waals surface area contributed by atoms with Crippen LogP contribution in [0.25, 0.3) is 0 Å². The molecule has 2 aromatic carbocycles. The first kappa shape index (κ1) is 31.5. The molecule has 3 saturated heterocycles. The van der Waals surface area contributed by atoms with Crippen molar-refractivity contribution >= 4 is 23.4 Å². The van der Waals surface area contributed by atoms with E-state index in [-0.39, 0.29) is 36.8 Å². The molecule has 2 unspecified atom stereocenters. The highest BCUT2D eigenvalue weighted by atomic mass is 16.5. The van der Waals surface area contributed by atoms with Gasteiger partial charge in [0.15, 0.2) is 0 Å². The summed E-state index contributed by atoms with van der Waals surface area (Å²) in [4.78, 5) is 48.5. The monoisotopic (exact) mass is 601 g/mol. The maximum atomic E-state index is 14.8. The van der Waals surface area contributed by atoms with Gasteiger partial charge in [-0.05, 0) is 48.6 Å². The quantitative estimate of drug-likeness (QED) is 0.351. The number of carbonyl (C=O) groups excluding carboxylic acids is 3. The van der Waals surface area contributed by atoms with Gasteiger partial charge in [0, 0.05) is 25.3 Å². The number of ether oxygens (including phenoxy) is 2. The molecule has 3 aliphatic rings. The van der Waals surface area contributed by atoms with Gasteiger partial charge in [0.2, 0.25) is 11.8 Å². The molecule has 3 heterocycles. The van der Waals surface area contributed by atoms with Gasteiger partial charge in [-0.25, -0.2) is 0 Å². The predicted molar refractivity (Wildman–Crippen MR) is 168 cm³/mol. The average Bonchev–Trinajstić information content (AvgIpc) is 3.67. The summed E-state index contributed by atoms with van der Waals surface area (Å²) >= 11 is 0. The maximum Gasteiger partial charge on any atom is 0.253 e. The molecule has 1 spiro atoms. The molecule has 2 aromatic rings. The molecular formula is C35H43N3O6. The number of anilines is 1. The third kappa shape index (κ3) is 5.32. The Kier molecular flexibility index (Phi) is 9.27. The van der Waals surface area contributed by atoms with Crippen molar-refractivity contribution < 1.29 is 29.0 Å². The van der Waals surface area contributed by atoms with Crippen LogP contribution in [0.15, 0.2) is 79.9 Å². The number of benzene rings is 2. The molecule has 0 saturated carbocycles. The number of aliphatic hydroxyl groups is 1. The SMILES string of the molecule is C=CCN(Cc1ccccc1)C(=O)[C@@H]1[C@H]2C(=O)N([C@@H](CO)C(C)C)C(C(=O)N(CC=C)c3ccc(OC)cc3)C23CC[C@H]1O3. The lowest BCUT2D eigenvalue weighted by Crippen LogP contribution is -2.59. The number of methoxy groups -OCH3 is 1. The van der Waals surface area contributed by atoms with Crippen molar-refractivity contribution in [1.29, 1.82) is 0 Å². The first-order valence-electron chi connectivity index (χ1n) is 15.3. The van der Waals surface area contributed by atoms with E-state index in [1.807, 2.05) is 44.2 Å². The molecule has 2 bridgehead atoms. The summed E-state index contributed by atoms with van der Waals surface area (Å²) in [5.41, 5.74) is 0.391. The Balaban J connectivity index is 1.56. The van der Waals surface area contributed by atoms with Gasteiger partial charge in [-0.1, -0.05) is 56.3 Å². The highest BCUT2D eigenvalue weighted by Crippen LogP contribution is 2.59. The van der Waals surface area contributed by atoms with Crippen LogP contribution in [0.3, 0.4) is 0 Å². The molecule has 0 radical (unpaired) electrons. The minimum Gasteiger partial charge on any atom is -0.497 e. The summed E-state index contributed by atoms with van der Waals surface area (Å²) < 4.78 is 12.0. The summed E-state index contributed by atoms with van der Waals surface area (Å²) in [6, 6.07) is 15.2. The molecule has 0 aromatic heterocycles. The Hall–Kier alpha value is -3.95. The second kappa shape index (κ2) is 13.0. The largest absolute Gasteiger partial charge is 0.497 e. The van der Waals surface area contributed by atoms with Crippen LogP contribution in [-0.4, -0.2) is 83.2 Å². The molecule has 6 atom stereocenters. The van der Waals surface area contributed by atoms with Gasteiger partial charge >= 0.3 is 0 Å². The number of amides is 3. The van der Waals surface area contributed by atoms with Crippen LogP contribution in [0.2, 0.25) is 0 Å². The van der Waals surface area contributed by atoms with Gasteiger partial charge < -0.3 is 29.3 Å². The van der Waals surface area contributed by atoms with Crippen molar-refractivity contribution in [3.63, 3.8) is 0 Å². The molecule has 3 aliphatic heterocycles. The van der Waals surface area contributed by atoms with E-state index in [9.17, 15) is 19.5 Å². The average molecular weight is 602 g/mol. The van der Waals surface area contributed by atoms with E-state index < -0.39 is 35.6 Å². The number of rotatable bonds is 13. The zero-order valence-corrected chi connectivity index (χ0v) is 25.8. The van der Waals surface area contributed by atoms with E-state index >= 15 is 0 Å². The van der Waals surface area contributed by atoms with E-state index in [2.05, 4.69) is 13.2 Å². The topological polar surface area (TPSA) is 99.6 Å². The second-order valence-corrected chi connectivity index (χ2v) is 12.2. The summed E-state index contributed by atoms with van der Waals surface area (Å²) in [5.74, 6) is -1.93. The van der Waals surface area contributed by atoms with Gasteiger partial charge in [0.1, 0.15) is 17.4 Å². The maximum absolute atomic E-state index is 14.8. The highest BCUT2D eigenvalue weighted by molar-refractivity contribution is 6.05. The lowest BCUT2D eigenvalue weighted by atomic mass is 9.70. The Morgan fingerprint density at radius 2 is 1.77 bits per heavy atom. The number of likely N-dealkylation sites (tertiary alicyclic amines) is 1. The van der Waals surface area contributed by atoms with E-state index in [0.29, 0.717) is 37.4 Å². The van der Waals surface area contributed by atoms with Crippen molar-refractivity contribution in [2.24, 2.45) is 17.8 Å². The molecule has 5 rings (SSSR count). The number of carbonyl (C=O) groups is 3. The molecule has 234 valence electrons. The normalized spacial score (nSPS) is 25.9. The fraction of sp³-hybridized carbons (Fsp3) is 0.457. The number of hydrogen-bond acceptors (Lipinski definition) is 6. The number of aliphatic hydroxyl groups excluding tert-OH is 1. The molecule has 9 nitrogen and oxygen atoms in total. The summed E-state index contributed by atoms with van der Waals surface area (Å²) in [6.07, 6.45) is 3.85. The van der Waals surface area contributed by atoms with Crippen molar-refractivity contribution in [3.8, 4) is 5.75 Å². The van der Waals surface area contributed by atoms with Gasteiger partial charge in [-0.3, -0.25) is 14.4 Å². The van der Waals surface area contributed by atoms with Gasteiger partial charge in [0.25, 0.3) is 5.91 Å². The van der Waals surface area contributed by atoms with Crippen LogP contribution in [0.4, 0.5) is 5.69 Å². The Morgan fingerprint density at radius 3 is 2.36 bits per heavy atom. The van der Waals surface area contributed by atoms with Gasteiger partial charge in [-0.2, -0.15) is 0 Å². The van der Waals surface area contributed by atoms with E-state index in [4.69, 9.17) is 9.47 Å². The number of fused-ring (bicyclic) bond motifs is 1. The third-order valence-corrected chi connectivity index (χ3v) is 9.41. The first-order chi connectivity index (χ1) is 21.2. The summed E-state index contributed by atoms with van der Waals surface area (Å²) in [7, 11) is 1.58. The van der Waals surface area contributed by atoms with Gasteiger partial charge in [0.05, 0.1) is 37.7 Å². The van der Waals surface area contributed by atoms with Crippen molar-refractivity contribution in [3.05, 3.63) is 85.5 Å². The standard InChI is InChI=1S/C35H43N3O6/c1-6-19-36(21-24-11-9-8-10-12-24)32(40)29-28-17-18-35(44-28)30(29)33(41)38(27(22-39)23(3)4)31(35)34(42)37(20-7-2)25-13-15-26(43-5)16-14-25/h6-16,23,27-31,39H,1-2,17-22H2,3-5H3/t27-,28+,29-,30-,31?,35?/m0/s1. The Morgan fingerprint density at radius 1 is 1.09 bits per heavy atom. The van der Waals surface area contributed by atoms with Crippen LogP contribution >= 0.6 is 0 Å². The fourth-order valence-corrected chi connectivity index (χ4v) is 7.39. The van der Waals surface area contributed by atoms with E-state index in [1.54, 1.807) is 53.3 Å². The highest BCUT2D eigenvalue weighted by Gasteiger charge is 2.75. The Bertz CT molecular complexity index is 1380. The number of nitrogens with zero attached hydrogens (tertiary/aromatic N) is 3. The van der Waals surface area contributed by atoms with Crippen molar-refractivity contribution in [2.75, 3.05) is 31.7 Å². The molecular weight excluding hydrogens is 558 g/mol. The molecule has 0 aliphatic carbocycles. The number of hydrogen-bond donors (Lipinski definition) is 1. The zero-order chi connectivity index (χ0) is 31.6.